The molecule has 1 saturated heterocycles. The van der Waals surface area contributed by atoms with Crippen LogP contribution in [0.5, 0.6) is 0 Å². The van der Waals surface area contributed by atoms with E-state index in [1.54, 1.807) is 0 Å². The van der Waals surface area contributed by atoms with Crippen molar-refractivity contribution in [2.24, 2.45) is 0 Å². The summed E-state index contributed by atoms with van der Waals surface area (Å²) < 4.78 is 22.5. The van der Waals surface area contributed by atoms with Crippen LogP contribution in [0.2, 0.25) is 5.15 Å². The molecule has 0 amide bonds. The molecular formula is C8H11ClN4O2S. The molecule has 8 heteroatoms. The molecule has 0 atom stereocenters. The van der Waals surface area contributed by atoms with Crippen molar-refractivity contribution in [2.75, 3.05) is 35.2 Å². The maximum atomic E-state index is 11.3. The molecule has 0 aromatic carbocycles. The summed E-state index contributed by atoms with van der Waals surface area (Å²) in [6, 6.07) is 0. The van der Waals surface area contributed by atoms with Crippen molar-refractivity contribution in [3.63, 3.8) is 0 Å². The number of sulfone groups is 1. The van der Waals surface area contributed by atoms with Crippen LogP contribution in [0.15, 0.2) is 6.33 Å². The number of anilines is 2. The third-order valence-corrected chi connectivity index (χ3v) is 4.37. The number of hydrogen-bond acceptors (Lipinski definition) is 6. The third-order valence-electron chi connectivity index (χ3n) is 2.46. The minimum Gasteiger partial charge on any atom is -0.393 e. The third kappa shape index (κ3) is 2.19. The number of hydrogen-bond donors (Lipinski definition) is 1. The number of nitrogen functional groups attached to an aromatic ring is 1. The summed E-state index contributed by atoms with van der Waals surface area (Å²) in [4.78, 5) is 9.58. The van der Waals surface area contributed by atoms with Crippen LogP contribution in [0.3, 0.4) is 0 Å². The number of aromatic nitrogens is 2. The van der Waals surface area contributed by atoms with Crippen LogP contribution < -0.4 is 10.6 Å². The Bertz CT molecular complexity index is 491. The smallest absolute Gasteiger partial charge is 0.157 e. The van der Waals surface area contributed by atoms with Crippen LogP contribution >= 0.6 is 11.6 Å². The first-order valence-electron chi connectivity index (χ1n) is 4.71. The molecule has 0 saturated carbocycles. The van der Waals surface area contributed by atoms with Crippen molar-refractivity contribution in [3.05, 3.63) is 11.5 Å². The summed E-state index contributed by atoms with van der Waals surface area (Å²) in [6.45, 7) is 0.778. The summed E-state index contributed by atoms with van der Waals surface area (Å²) in [5.74, 6) is 0.747. The van der Waals surface area contributed by atoms with Gasteiger partial charge in [-0.1, -0.05) is 11.6 Å². The Kier molecular flexibility index (Phi) is 2.90. The van der Waals surface area contributed by atoms with Crippen molar-refractivity contribution < 1.29 is 8.42 Å². The molecule has 16 heavy (non-hydrogen) atoms. The summed E-state index contributed by atoms with van der Waals surface area (Å²) in [5.41, 5.74) is 6.03. The van der Waals surface area contributed by atoms with Crippen LogP contribution in [-0.2, 0) is 9.84 Å². The summed E-state index contributed by atoms with van der Waals surface area (Å²) in [5, 5.41) is 0.193. The van der Waals surface area contributed by atoms with Crippen molar-refractivity contribution in [1.82, 2.24) is 9.97 Å². The summed E-state index contributed by atoms with van der Waals surface area (Å²) in [6.07, 6.45) is 1.32. The van der Waals surface area contributed by atoms with Gasteiger partial charge in [-0.15, -0.1) is 0 Å². The average molecular weight is 263 g/mol. The van der Waals surface area contributed by atoms with Crippen LogP contribution in [0.1, 0.15) is 0 Å². The van der Waals surface area contributed by atoms with Crippen LogP contribution in [-0.4, -0.2) is 43.0 Å². The number of nitrogens with zero attached hydrogens (tertiary/aromatic N) is 3. The van der Waals surface area contributed by atoms with Crippen molar-refractivity contribution in [2.45, 2.75) is 0 Å². The second-order valence-corrected chi connectivity index (χ2v) is 6.20. The predicted octanol–water partition coefficient (Wildman–Crippen LogP) is -0.0530. The first kappa shape index (κ1) is 11.4. The highest BCUT2D eigenvalue weighted by molar-refractivity contribution is 7.91. The fourth-order valence-corrected chi connectivity index (χ4v) is 2.87. The monoisotopic (exact) mass is 262 g/mol. The standard InChI is InChI=1S/C8H11ClN4O2S/c9-7-6(10)8(12-5-11-7)13-1-3-16(14,15)4-2-13/h5H,1-4,10H2. The normalized spacial score (nSPS) is 19.7. The van der Waals surface area contributed by atoms with Gasteiger partial charge in [0.2, 0.25) is 0 Å². The molecule has 1 aliphatic heterocycles. The molecule has 88 valence electrons. The Labute approximate surface area is 98.4 Å². The average Bonchev–Trinajstić information content (AvgIpc) is 2.23. The minimum absolute atomic E-state index is 0.119. The molecule has 0 bridgehead atoms. The lowest BCUT2D eigenvalue weighted by atomic mass is 10.4. The minimum atomic E-state index is -2.91. The van der Waals surface area contributed by atoms with Gasteiger partial charge in [0.15, 0.2) is 20.8 Å². The molecule has 1 aliphatic rings. The van der Waals surface area contributed by atoms with E-state index in [2.05, 4.69) is 9.97 Å². The Morgan fingerprint density at radius 2 is 1.94 bits per heavy atom. The number of rotatable bonds is 1. The Morgan fingerprint density at radius 3 is 2.56 bits per heavy atom. The lowest BCUT2D eigenvalue weighted by Gasteiger charge is -2.28. The van der Waals surface area contributed by atoms with Gasteiger partial charge in [-0.2, -0.15) is 0 Å². The van der Waals surface area contributed by atoms with E-state index in [-0.39, 0.29) is 16.7 Å². The van der Waals surface area contributed by atoms with E-state index in [1.165, 1.54) is 6.33 Å². The number of halogens is 1. The summed E-state index contributed by atoms with van der Waals surface area (Å²) >= 11 is 5.77. The molecule has 1 fully saturated rings. The fourth-order valence-electron chi connectivity index (χ4n) is 1.54. The second-order valence-electron chi connectivity index (χ2n) is 3.54. The van der Waals surface area contributed by atoms with E-state index in [1.807, 2.05) is 4.90 Å². The van der Waals surface area contributed by atoms with Gasteiger partial charge in [0.1, 0.15) is 12.0 Å². The molecule has 0 radical (unpaired) electrons. The first-order valence-corrected chi connectivity index (χ1v) is 6.91. The van der Waals surface area contributed by atoms with Crippen molar-refractivity contribution in [1.29, 1.82) is 0 Å². The zero-order valence-corrected chi connectivity index (χ0v) is 10.00. The molecule has 6 nitrogen and oxygen atoms in total. The van der Waals surface area contributed by atoms with Crippen LogP contribution in [0, 0.1) is 0 Å². The lowest BCUT2D eigenvalue weighted by Crippen LogP contribution is -2.41. The van der Waals surface area contributed by atoms with Crippen LogP contribution in [0.4, 0.5) is 11.5 Å². The van der Waals surface area contributed by atoms with Gasteiger partial charge in [0.25, 0.3) is 0 Å². The largest absolute Gasteiger partial charge is 0.393 e. The van der Waals surface area contributed by atoms with E-state index in [4.69, 9.17) is 17.3 Å². The van der Waals surface area contributed by atoms with E-state index < -0.39 is 9.84 Å². The molecule has 1 aromatic heterocycles. The van der Waals surface area contributed by atoms with Gasteiger partial charge in [0, 0.05) is 13.1 Å². The predicted molar refractivity (Wildman–Crippen MR) is 62.3 cm³/mol. The molecule has 0 unspecified atom stereocenters. The molecule has 1 aromatic rings. The first-order chi connectivity index (χ1) is 7.49. The maximum Gasteiger partial charge on any atom is 0.157 e. The Morgan fingerprint density at radius 1 is 1.31 bits per heavy atom. The zero-order chi connectivity index (χ0) is 11.8. The molecule has 2 rings (SSSR count). The Balaban J connectivity index is 2.24. The molecule has 0 aliphatic carbocycles. The summed E-state index contributed by atoms with van der Waals surface area (Å²) in [7, 11) is -2.91. The van der Waals surface area contributed by atoms with Crippen molar-refractivity contribution in [3.8, 4) is 0 Å². The van der Waals surface area contributed by atoms with Gasteiger partial charge >= 0.3 is 0 Å². The molecular weight excluding hydrogens is 252 g/mol. The topological polar surface area (TPSA) is 89.2 Å². The molecule has 2 N–H and O–H groups in total. The SMILES string of the molecule is Nc1c(Cl)ncnc1N1CCS(=O)(=O)CC1. The highest BCUT2D eigenvalue weighted by Crippen LogP contribution is 2.26. The van der Waals surface area contributed by atoms with E-state index in [0.717, 1.165) is 0 Å². The fraction of sp³-hybridized carbons (Fsp3) is 0.500. The van der Waals surface area contributed by atoms with E-state index in [0.29, 0.717) is 24.6 Å². The zero-order valence-electron chi connectivity index (χ0n) is 8.43. The van der Waals surface area contributed by atoms with E-state index in [9.17, 15) is 8.42 Å². The molecule has 0 spiro atoms. The highest BCUT2D eigenvalue weighted by Gasteiger charge is 2.24. The van der Waals surface area contributed by atoms with Gasteiger partial charge in [-0.3, -0.25) is 0 Å². The van der Waals surface area contributed by atoms with Gasteiger partial charge in [0.05, 0.1) is 11.5 Å². The number of nitrogens with two attached hydrogens (primary N) is 1. The van der Waals surface area contributed by atoms with Gasteiger partial charge in [-0.05, 0) is 0 Å². The molecule has 2 heterocycles. The van der Waals surface area contributed by atoms with Gasteiger partial charge in [-0.25, -0.2) is 18.4 Å². The van der Waals surface area contributed by atoms with E-state index >= 15 is 0 Å². The second kappa shape index (κ2) is 4.06. The van der Waals surface area contributed by atoms with Gasteiger partial charge < -0.3 is 10.6 Å². The highest BCUT2D eigenvalue weighted by atomic mass is 35.5. The lowest BCUT2D eigenvalue weighted by molar-refractivity contribution is 0.586. The Hall–Kier alpha value is -1.08. The van der Waals surface area contributed by atoms with Crippen LogP contribution in [0.25, 0.3) is 0 Å². The quantitative estimate of drug-likeness (QED) is 0.714. The van der Waals surface area contributed by atoms with Crippen molar-refractivity contribution >= 4 is 32.9 Å². The maximum absolute atomic E-state index is 11.3.